The van der Waals surface area contributed by atoms with Crippen LogP contribution >= 0.6 is 0 Å². The topological polar surface area (TPSA) is 139 Å². The molecule has 0 fully saturated rings. The standard InChI is InChI=1S/C19H14N4O4S/c20-12-14(19(24)25)10-15-11-18(13-4-2-1-3-5-13)23(22-15)16-6-8-17(9-7-16)28(21,26)27/h1-11H,(H,24,25)(H2,21,26,27). The number of aromatic nitrogens is 2. The van der Waals surface area contributed by atoms with Crippen molar-refractivity contribution in [1.82, 2.24) is 9.78 Å². The van der Waals surface area contributed by atoms with Crippen LogP contribution in [0.15, 0.2) is 71.1 Å². The van der Waals surface area contributed by atoms with Crippen LogP contribution in [0.4, 0.5) is 0 Å². The molecule has 8 nitrogen and oxygen atoms in total. The zero-order chi connectivity index (χ0) is 20.3. The monoisotopic (exact) mass is 394 g/mol. The van der Waals surface area contributed by atoms with Crippen LogP contribution in [0.25, 0.3) is 23.0 Å². The quantitative estimate of drug-likeness (QED) is 0.502. The van der Waals surface area contributed by atoms with Crippen molar-refractivity contribution in [2.45, 2.75) is 4.90 Å². The molecule has 9 heteroatoms. The van der Waals surface area contributed by atoms with Gasteiger partial charge in [0.2, 0.25) is 10.0 Å². The number of nitrogens with zero attached hydrogens (tertiary/aromatic N) is 3. The molecule has 0 radical (unpaired) electrons. The maximum atomic E-state index is 11.5. The Bertz CT molecular complexity index is 1210. The Morgan fingerprint density at radius 3 is 2.32 bits per heavy atom. The summed E-state index contributed by atoms with van der Waals surface area (Å²) < 4.78 is 24.4. The molecule has 2 aromatic carbocycles. The van der Waals surface area contributed by atoms with Crippen molar-refractivity contribution in [3.05, 3.63) is 71.9 Å². The smallest absolute Gasteiger partial charge is 0.346 e. The third kappa shape index (κ3) is 3.98. The molecule has 140 valence electrons. The maximum absolute atomic E-state index is 11.5. The van der Waals surface area contributed by atoms with Crippen LogP contribution in [0.2, 0.25) is 0 Å². The number of nitrogens with two attached hydrogens (primary N) is 1. The lowest BCUT2D eigenvalue weighted by atomic mass is 10.1. The van der Waals surface area contributed by atoms with E-state index in [4.69, 9.17) is 15.5 Å². The number of hydrogen-bond donors (Lipinski definition) is 2. The number of carboxylic acid groups (broad SMARTS) is 1. The van der Waals surface area contributed by atoms with Gasteiger partial charge >= 0.3 is 5.97 Å². The van der Waals surface area contributed by atoms with E-state index in [1.165, 1.54) is 35.0 Å². The molecule has 0 aliphatic rings. The lowest BCUT2D eigenvalue weighted by molar-refractivity contribution is -0.132. The summed E-state index contributed by atoms with van der Waals surface area (Å²) in [5, 5.41) is 27.5. The molecule has 3 rings (SSSR count). The molecule has 1 heterocycles. The average Bonchev–Trinajstić information content (AvgIpc) is 3.10. The van der Waals surface area contributed by atoms with E-state index in [0.29, 0.717) is 11.4 Å². The number of hydrogen-bond acceptors (Lipinski definition) is 5. The van der Waals surface area contributed by atoms with Crippen molar-refractivity contribution in [3.8, 4) is 23.0 Å². The molecule has 0 saturated carbocycles. The molecule has 0 aliphatic carbocycles. The van der Waals surface area contributed by atoms with E-state index in [-0.39, 0.29) is 10.6 Å². The zero-order valence-electron chi connectivity index (χ0n) is 14.4. The van der Waals surface area contributed by atoms with Crippen molar-refractivity contribution in [2.75, 3.05) is 0 Å². The van der Waals surface area contributed by atoms with Crippen LogP contribution in [0.1, 0.15) is 5.69 Å². The number of primary sulfonamides is 1. The van der Waals surface area contributed by atoms with Crippen molar-refractivity contribution in [2.24, 2.45) is 5.14 Å². The maximum Gasteiger partial charge on any atom is 0.346 e. The van der Waals surface area contributed by atoms with Gasteiger partial charge < -0.3 is 5.11 Å². The Morgan fingerprint density at radius 1 is 1.14 bits per heavy atom. The predicted octanol–water partition coefficient (Wildman–Crippen LogP) is 2.18. The average molecular weight is 394 g/mol. The summed E-state index contributed by atoms with van der Waals surface area (Å²) in [5.41, 5.74) is 1.80. The van der Waals surface area contributed by atoms with Crippen LogP contribution in [0.3, 0.4) is 0 Å². The van der Waals surface area contributed by atoms with Crippen LogP contribution in [0, 0.1) is 11.3 Å². The molecule has 0 saturated heterocycles. The first-order chi connectivity index (χ1) is 13.3. The van der Waals surface area contributed by atoms with Gasteiger partial charge in [-0.1, -0.05) is 30.3 Å². The Morgan fingerprint density at radius 2 is 1.79 bits per heavy atom. The Balaban J connectivity index is 2.17. The fourth-order valence-corrected chi connectivity index (χ4v) is 3.06. The van der Waals surface area contributed by atoms with E-state index >= 15 is 0 Å². The Kier molecular flexibility index (Phi) is 5.08. The van der Waals surface area contributed by atoms with E-state index in [9.17, 15) is 13.2 Å². The zero-order valence-corrected chi connectivity index (χ0v) is 15.2. The van der Waals surface area contributed by atoms with E-state index in [1.54, 1.807) is 12.1 Å². The third-order valence-corrected chi connectivity index (χ3v) is 4.78. The third-order valence-electron chi connectivity index (χ3n) is 3.85. The Hall–Kier alpha value is -3.74. The first-order valence-electron chi connectivity index (χ1n) is 7.93. The Labute approximate surface area is 160 Å². The molecule has 0 aliphatic heterocycles. The van der Waals surface area contributed by atoms with Crippen LogP contribution in [0.5, 0.6) is 0 Å². The van der Waals surface area contributed by atoms with Gasteiger partial charge in [-0.3, -0.25) is 0 Å². The molecule has 1 aromatic heterocycles. The molecular formula is C19H14N4O4S. The second-order valence-corrected chi connectivity index (χ2v) is 7.31. The molecule has 0 atom stereocenters. The normalized spacial score (nSPS) is 11.8. The number of rotatable bonds is 5. The molecular weight excluding hydrogens is 380 g/mol. The second kappa shape index (κ2) is 7.48. The number of sulfonamides is 1. The van der Waals surface area contributed by atoms with Gasteiger partial charge in [0.15, 0.2) is 0 Å². The summed E-state index contributed by atoms with van der Waals surface area (Å²) >= 11 is 0. The molecule has 3 N–H and O–H groups in total. The number of aliphatic carboxylic acids is 1. The summed E-state index contributed by atoms with van der Waals surface area (Å²) in [6.45, 7) is 0. The van der Waals surface area contributed by atoms with Crippen LogP contribution < -0.4 is 5.14 Å². The number of carbonyl (C=O) groups is 1. The van der Waals surface area contributed by atoms with Crippen LogP contribution in [-0.4, -0.2) is 29.3 Å². The van der Waals surface area contributed by atoms with E-state index in [0.717, 1.165) is 5.56 Å². The fraction of sp³-hybridized carbons (Fsp3) is 0. The molecule has 0 amide bonds. The van der Waals surface area contributed by atoms with Crippen LogP contribution in [-0.2, 0) is 14.8 Å². The SMILES string of the molecule is N#CC(=Cc1cc(-c2ccccc2)n(-c2ccc(S(N)(=O)=O)cc2)n1)C(=O)O. The van der Waals surface area contributed by atoms with Gasteiger partial charge in [-0.05, 0) is 36.4 Å². The van der Waals surface area contributed by atoms with Gasteiger partial charge in [0, 0.05) is 5.56 Å². The number of carboxylic acids is 1. The van der Waals surface area contributed by atoms with Crippen molar-refractivity contribution in [1.29, 1.82) is 5.26 Å². The predicted molar refractivity (Wildman–Crippen MR) is 102 cm³/mol. The summed E-state index contributed by atoms with van der Waals surface area (Å²) in [7, 11) is -3.83. The van der Waals surface area contributed by atoms with Gasteiger partial charge in [-0.2, -0.15) is 10.4 Å². The fourth-order valence-electron chi connectivity index (χ4n) is 2.55. The second-order valence-electron chi connectivity index (χ2n) is 5.75. The van der Waals surface area contributed by atoms with Gasteiger partial charge in [-0.15, -0.1) is 0 Å². The lowest BCUT2D eigenvalue weighted by Crippen LogP contribution is -2.12. The number of nitriles is 1. The largest absolute Gasteiger partial charge is 0.477 e. The van der Waals surface area contributed by atoms with E-state index in [2.05, 4.69) is 5.10 Å². The van der Waals surface area contributed by atoms with E-state index in [1.807, 2.05) is 30.3 Å². The number of benzene rings is 2. The highest BCUT2D eigenvalue weighted by Gasteiger charge is 2.14. The minimum Gasteiger partial charge on any atom is -0.477 e. The first-order valence-corrected chi connectivity index (χ1v) is 9.48. The van der Waals surface area contributed by atoms with Crippen molar-refractivity contribution in [3.63, 3.8) is 0 Å². The van der Waals surface area contributed by atoms with Gasteiger partial charge in [-0.25, -0.2) is 23.0 Å². The highest BCUT2D eigenvalue weighted by atomic mass is 32.2. The van der Waals surface area contributed by atoms with Gasteiger partial charge in [0.1, 0.15) is 11.6 Å². The molecule has 28 heavy (non-hydrogen) atoms. The summed E-state index contributed by atoms with van der Waals surface area (Å²) in [4.78, 5) is 11.1. The van der Waals surface area contributed by atoms with E-state index < -0.39 is 21.6 Å². The minimum absolute atomic E-state index is 0.0394. The first kappa shape index (κ1) is 19.0. The summed E-state index contributed by atoms with van der Waals surface area (Å²) in [6, 6.07) is 18.3. The molecule has 0 bridgehead atoms. The van der Waals surface area contributed by atoms with Crippen molar-refractivity contribution >= 4 is 22.1 Å². The minimum atomic E-state index is -3.83. The molecule has 3 aromatic rings. The lowest BCUT2D eigenvalue weighted by Gasteiger charge is -2.08. The van der Waals surface area contributed by atoms with Gasteiger partial charge in [0.25, 0.3) is 0 Å². The highest BCUT2D eigenvalue weighted by molar-refractivity contribution is 7.89. The summed E-state index contributed by atoms with van der Waals surface area (Å²) in [5.74, 6) is -1.35. The molecule has 0 spiro atoms. The highest BCUT2D eigenvalue weighted by Crippen LogP contribution is 2.25. The van der Waals surface area contributed by atoms with Gasteiger partial charge in [0.05, 0.1) is 22.0 Å². The summed E-state index contributed by atoms with van der Waals surface area (Å²) in [6.07, 6.45) is 1.17. The molecule has 0 unspecified atom stereocenters. The van der Waals surface area contributed by atoms with Crippen molar-refractivity contribution < 1.29 is 18.3 Å².